The highest BCUT2D eigenvalue weighted by Gasteiger charge is 2.23. The molecule has 1 heterocycles. The monoisotopic (exact) mass is 320 g/mol. The van der Waals surface area contributed by atoms with Crippen LogP contribution in [0.15, 0.2) is 24.3 Å². The molecule has 0 aliphatic carbocycles. The van der Waals surface area contributed by atoms with Crippen molar-refractivity contribution in [3.8, 4) is 5.75 Å². The standard InChI is InChI=1S/C17H24N2O4/c1-14-3-5-15(6-4-14)23-13-17(21)19-10-8-18(9-11-19)16(20)7-12-22-2/h3-6H,7-13H2,1-2H3. The van der Waals surface area contributed by atoms with Gasteiger partial charge >= 0.3 is 0 Å². The number of methoxy groups -OCH3 is 1. The van der Waals surface area contributed by atoms with Crippen molar-refractivity contribution in [1.82, 2.24) is 9.80 Å². The minimum Gasteiger partial charge on any atom is -0.484 e. The SMILES string of the molecule is COCCC(=O)N1CCN(C(=O)COc2ccc(C)cc2)CC1. The summed E-state index contributed by atoms with van der Waals surface area (Å²) in [6, 6.07) is 7.61. The van der Waals surface area contributed by atoms with Gasteiger partial charge in [0.15, 0.2) is 6.61 Å². The van der Waals surface area contributed by atoms with E-state index >= 15 is 0 Å². The van der Waals surface area contributed by atoms with Crippen LogP contribution in [0, 0.1) is 6.92 Å². The Balaban J connectivity index is 1.73. The molecule has 1 aliphatic rings. The van der Waals surface area contributed by atoms with Crippen LogP contribution in [0.25, 0.3) is 0 Å². The smallest absolute Gasteiger partial charge is 0.260 e. The largest absolute Gasteiger partial charge is 0.484 e. The average molecular weight is 320 g/mol. The van der Waals surface area contributed by atoms with Crippen molar-refractivity contribution < 1.29 is 19.1 Å². The number of carbonyl (C=O) groups is 2. The molecular weight excluding hydrogens is 296 g/mol. The van der Waals surface area contributed by atoms with Gasteiger partial charge in [0.25, 0.3) is 5.91 Å². The number of hydrogen-bond acceptors (Lipinski definition) is 4. The number of benzene rings is 1. The predicted molar refractivity (Wildman–Crippen MR) is 86.3 cm³/mol. The number of amides is 2. The number of hydrogen-bond donors (Lipinski definition) is 0. The normalized spacial score (nSPS) is 14.7. The van der Waals surface area contributed by atoms with E-state index in [2.05, 4.69) is 0 Å². The Hall–Kier alpha value is -2.08. The Morgan fingerprint density at radius 3 is 2.13 bits per heavy atom. The fraction of sp³-hybridized carbons (Fsp3) is 0.529. The fourth-order valence-corrected chi connectivity index (χ4v) is 2.42. The van der Waals surface area contributed by atoms with E-state index < -0.39 is 0 Å². The zero-order valence-electron chi connectivity index (χ0n) is 13.8. The molecule has 23 heavy (non-hydrogen) atoms. The van der Waals surface area contributed by atoms with Gasteiger partial charge in [-0.3, -0.25) is 9.59 Å². The summed E-state index contributed by atoms with van der Waals surface area (Å²) < 4.78 is 10.4. The molecule has 1 aromatic rings. The van der Waals surface area contributed by atoms with Crippen LogP contribution in [-0.2, 0) is 14.3 Å². The molecule has 6 nitrogen and oxygen atoms in total. The van der Waals surface area contributed by atoms with E-state index in [1.54, 1.807) is 16.9 Å². The summed E-state index contributed by atoms with van der Waals surface area (Å²) in [5.74, 6) is 0.724. The second-order valence-electron chi connectivity index (χ2n) is 5.61. The molecule has 0 aromatic heterocycles. The molecule has 1 aliphatic heterocycles. The maximum atomic E-state index is 12.2. The highest BCUT2D eigenvalue weighted by Crippen LogP contribution is 2.12. The molecule has 0 atom stereocenters. The zero-order chi connectivity index (χ0) is 16.7. The number of aryl methyl sites for hydroxylation is 1. The molecule has 0 spiro atoms. The second kappa shape index (κ2) is 8.53. The van der Waals surface area contributed by atoms with Crippen LogP contribution in [0.4, 0.5) is 0 Å². The van der Waals surface area contributed by atoms with Crippen molar-refractivity contribution in [2.24, 2.45) is 0 Å². The number of nitrogens with zero attached hydrogens (tertiary/aromatic N) is 2. The first-order valence-electron chi connectivity index (χ1n) is 7.84. The molecule has 6 heteroatoms. The molecule has 2 amide bonds. The van der Waals surface area contributed by atoms with Crippen molar-refractivity contribution in [2.75, 3.05) is 46.5 Å². The molecular formula is C17H24N2O4. The molecule has 2 rings (SSSR count). The molecule has 0 radical (unpaired) electrons. The van der Waals surface area contributed by atoms with Crippen LogP contribution in [0.2, 0.25) is 0 Å². The topological polar surface area (TPSA) is 59.1 Å². The summed E-state index contributed by atoms with van der Waals surface area (Å²) in [7, 11) is 1.58. The van der Waals surface area contributed by atoms with Gasteiger partial charge in [0.05, 0.1) is 13.0 Å². The lowest BCUT2D eigenvalue weighted by molar-refractivity contribution is -0.141. The van der Waals surface area contributed by atoms with Gasteiger partial charge in [-0.15, -0.1) is 0 Å². The molecule has 126 valence electrons. The maximum Gasteiger partial charge on any atom is 0.260 e. The molecule has 0 unspecified atom stereocenters. The maximum absolute atomic E-state index is 12.2. The lowest BCUT2D eigenvalue weighted by Gasteiger charge is -2.34. The first-order chi connectivity index (χ1) is 11.1. The summed E-state index contributed by atoms with van der Waals surface area (Å²) in [5.41, 5.74) is 1.15. The van der Waals surface area contributed by atoms with E-state index in [1.807, 2.05) is 31.2 Å². The Bertz CT molecular complexity index is 522. The molecule has 0 bridgehead atoms. The van der Waals surface area contributed by atoms with E-state index in [-0.39, 0.29) is 18.4 Å². The van der Waals surface area contributed by atoms with E-state index in [9.17, 15) is 9.59 Å². The van der Waals surface area contributed by atoms with Gasteiger partial charge in [-0.1, -0.05) is 17.7 Å². The molecule has 1 aromatic carbocycles. The highest BCUT2D eigenvalue weighted by atomic mass is 16.5. The second-order valence-corrected chi connectivity index (χ2v) is 5.61. The third-order valence-electron chi connectivity index (χ3n) is 3.89. The van der Waals surface area contributed by atoms with Gasteiger partial charge in [0.2, 0.25) is 5.91 Å². The zero-order valence-corrected chi connectivity index (χ0v) is 13.8. The van der Waals surface area contributed by atoms with Gasteiger partial charge in [-0.2, -0.15) is 0 Å². The van der Waals surface area contributed by atoms with Gasteiger partial charge < -0.3 is 19.3 Å². The lowest BCUT2D eigenvalue weighted by Crippen LogP contribution is -2.51. The van der Waals surface area contributed by atoms with Crippen molar-refractivity contribution in [3.05, 3.63) is 29.8 Å². The van der Waals surface area contributed by atoms with Crippen molar-refractivity contribution in [2.45, 2.75) is 13.3 Å². The van der Waals surface area contributed by atoms with Crippen molar-refractivity contribution in [1.29, 1.82) is 0 Å². The number of carbonyl (C=O) groups excluding carboxylic acids is 2. The summed E-state index contributed by atoms with van der Waals surface area (Å²) in [5, 5.41) is 0. The Morgan fingerprint density at radius 1 is 1.00 bits per heavy atom. The average Bonchev–Trinajstić information content (AvgIpc) is 2.59. The Morgan fingerprint density at radius 2 is 1.57 bits per heavy atom. The number of ether oxygens (including phenoxy) is 2. The fourth-order valence-electron chi connectivity index (χ4n) is 2.42. The van der Waals surface area contributed by atoms with Gasteiger partial charge in [-0.05, 0) is 19.1 Å². The lowest BCUT2D eigenvalue weighted by atomic mass is 10.2. The van der Waals surface area contributed by atoms with Gasteiger partial charge in [0, 0.05) is 33.3 Å². The first kappa shape index (κ1) is 17.3. The predicted octanol–water partition coefficient (Wildman–Crippen LogP) is 1.08. The molecule has 0 saturated carbocycles. The van der Waals surface area contributed by atoms with Crippen LogP contribution >= 0.6 is 0 Å². The summed E-state index contributed by atoms with van der Waals surface area (Å²) in [6.07, 6.45) is 0.390. The van der Waals surface area contributed by atoms with Crippen LogP contribution < -0.4 is 4.74 Å². The summed E-state index contributed by atoms with van der Waals surface area (Å²) in [6.45, 7) is 4.70. The van der Waals surface area contributed by atoms with E-state index in [0.29, 0.717) is 45.0 Å². The minimum absolute atomic E-state index is 0.0285. The van der Waals surface area contributed by atoms with Crippen LogP contribution in [0.5, 0.6) is 5.75 Å². The highest BCUT2D eigenvalue weighted by molar-refractivity contribution is 5.79. The third-order valence-corrected chi connectivity index (χ3v) is 3.89. The summed E-state index contributed by atoms with van der Waals surface area (Å²) in [4.78, 5) is 27.6. The molecule has 1 fully saturated rings. The van der Waals surface area contributed by atoms with Gasteiger partial charge in [-0.25, -0.2) is 0 Å². The Labute approximate surface area is 137 Å². The van der Waals surface area contributed by atoms with Gasteiger partial charge in [0.1, 0.15) is 5.75 Å². The van der Waals surface area contributed by atoms with Crippen molar-refractivity contribution >= 4 is 11.8 Å². The van der Waals surface area contributed by atoms with Crippen LogP contribution in [0.1, 0.15) is 12.0 Å². The quantitative estimate of drug-likeness (QED) is 0.787. The first-order valence-corrected chi connectivity index (χ1v) is 7.84. The summed E-state index contributed by atoms with van der Waals surface area (Å²) >= 11 is 0. The third kappa shape index (κ3) is 5.25. The molecule has 0 N–H and O–H groups in total. The van der Waals surface area contributed by atoms with E-state index in [4.69, 9.17) is 9.47 Å². The molecule has 1 saturated heterocycles. The Kier molecular flexibility index (Phi) is 6.40. The number of piperazine rings is 1. The van der Waals surface area contributed by atoms with E-state index in [1.165, 1.54) is 0 Å². The number of rotatable bonds is 6. The van der Waals surface area contributed by atoms with Crippen molar-refractivity contribution in [3.63, 3.8) is 0 Å². The van der Waals surface area contributed by atoms with Crippen LogP contribution in [-0.4, -0.2) is 68.1 Å². The van der Waals surface area contributed by atoms with E-state index in [0.717, 1.165) is 5.56 Å². The minimum atomic E-state index is -0.0467. The van der Waals surface area contributed by atoms with Crippen LogP contribution in [0.3, 0.4) is 0 Å².